The Hall–Kier alpha value is -0.720. The van der Waals surface area contributed by atoms with Crippen LogP contribution < -0.4 is 5.32 Å². The van der Waals surface area contributed by atoms with Crippen LogP contribution in [0.2, 0.25) is 0 Å². The van der Waals surface area contributed by atoms with Crippen LogP contribution in [0.4, 0.5) is 10.5 Å². The van der Waals surface area contributed by atoms with Gasteiger partial charge < -0.3 is 9.29 Å². The Kier molecular flexibility index (Phi) is 4.66. The number of hydrogen-bond acceptors (Lipinski definition) is 3. The molecule has 1 aliphatic rings. The number of rotatable bonds is 3. The highest BCUT2D eigenvalue weighted by molar-refractivity contribution is 9.10. The molecule has 0 bridgehead atoms. The number of nitrogens with one attached hydrogen (secondary N) is 1. The van der Waals surface area contributed by atoms with Crippen molar-refractivity contribution >= 4 is 38.9 Å². The first kappa shape index (κ1) is 15.7. The first-order chi connectivity index (χ1) is 9.26. The third-order valence-corrected chi connectivity index (χ3v) is 5.42. The van der Waals surface area contributed by atoms with E-state index in [9.17, 15) is 9.35 Å². The van der Waals surface area contributed by atoms with Crippen LogP contribution in [0.15, 0.2) is 27.6 Å². The van der Waals surface area contributed by atoms with Gasteiger partial charge in [-0.05, 0) is 60.0 Å². The average Bonchev–Trinajstić information content (AvgIpc) is 3.12. The van der Waals surface area contributed by atoms with Gasteiger partial charge in [-0.3, -0.25) is 5.32 Å². The summed E-state index contributed by atoms with van der Waals surface area (Å²) < 4.78 is 18.2. The summed E-state index contributed by atoms with van der Waals surface area (Å²) in [4.78, 5) is 12.4. The van der Waals surface area contributed by atoms with Gasteiger partial charge in [-0.2, -0.15) is 0 Å². The zero-order valence-electron chi connectivity index (χ0n) is 11.7. The smallest absolute Gasteiger partial charge is 0.412 e. The predicted molar refractivity (Wildman–Crippen MR) is 83.4 cm³/mol. The molecule has 4 nitrogen and oxygen atoms in total. The zero-order valence-corrected chi connectivity index (χ0v) is 14.1. The first-order valence-electron chi connectivity index (χ1n) is 6.46. The number of carbonyl (C=O) groups excluding carboxylic acids is 1. The van der Waals surface area contributed by atoms with E-state index in [-0.39, 0.29) is 5.25 Å². The Morgan fingerprint density at radius 2 is 2.10 bits per heavy atom. The number of benzene rings is 1. The monoisotopic (exact) mass is 359 g/mol. The molecule has 1 atom stereocenters. The summed E-state index contributed by atoms with van der Waals surface area (Å²) in [6, 6.07) is 5.28. The van der Waals surface area contributed by atoms with Crippen molar-refractivity contribution in [2.45, 2.75) is 49.4 Å². The summed E-state index contributed by atoms with van der Waals surface area (Å²) >= 11 is 2.39. The van der Waals surface area contributed by atoms with E-state index in [1.807, 2.05) is 20.8 Å². The van der Waals surface area contributed by atoms with Crippen molar-refractivity contribution in [1.29, 1.82) is 0 Å². The molecule has 110 valence electrons. The fourth-order valence-corrected chi connectivity index (χ4v) is 3.77. The van der Waals surface area contributed by atoms with Gasteiger partial charge in [-0.1, -0.05) is 0 Å². The first-order valence-corrected chi connectivity index (χ1v) is 8.47. The number of carbonyl (C=O) groups is 1. The van der Waals surface area contributed by atoms with Gasteiger partial charge in [0, 0.05) is 24.6 Å². The quantitative estimate of drug-likeness (QED) is 0.827. The SMILES string of the molecule is CC(C)(C)OC(=O)Nc1ccc(Br)c([S+]([O-])C2CC2)c1. The highest BCUT2D eigenvalue weighted by Crippen LogP contribution is 2.37. The molecule has 0 spiro atoms. The van der Waals surface area contributed by atoms with E-state index in [1.165, 1.54) is 0 Å². The summed E-state index contributed by atoms with van der Waals surface area (Å²) in [5.74, 6) is 0. The van der Waals surface area contributed by atoms with E-state index in [0.717, 1.165) is 22.2 Å². The second-order valence-corrected chi connectivity index (χ2v) is 8.32. The van der Waals surface area contributed by atoms with Gasteiger partial charge in [0.25, 0.3) is 0 Å². The highest BCUT2D eigenvalue weighted by Gasteiger charge is 2.36. The van der Waals surface area contributed by atoms with Crippen LogP contribution >= 0.6 is 15.9 Å². The average molecular weight is 360 g/mol. The molecule has 1 N–H and O–H groups in total. The number of hydrogen-bond donors (Lipinski definition) is 1. The third kappa shape index (κ3) is 4.40. The lowest BCUT2D eigenvalue weighted by atomic mass is 10.2. The highest BCUT2D eigenvalue weighted by atomic mass is 79.9. The summed E-state index contributed by atoms with van der Waals surface area (Å²) in [7, 11) is 0. The molecule has 1 amide bonds. The third-order valence-electron chi connectivity index (χ3n) is 2.62. The number of ether oxygens (including phenoxy) is 1. The van der Waals surface area contributed by atoms with Crippen LogP contribution in [0.5, 0.6) is 0 Å². The molecular formula is C14H18BrNO3S. The van der Waals surface area contributed by atoms with E-state index in [2.05, 4.69) is 21.2 Å². The largest absolute Gasteiger partial charge is 0.611 e. The van der Waals surface area contributed by atoms with Gasteiger partial charge in [0.2, 0.25) is 0 Å². The lowest BCUT2D eigenvalue weighted by molar-refractivity contribution is 0.0636. The lowest BCUT2D eigenvalue weighted by Crippen LogP contribution is -2.27. The topological polar surface area (TPSA) is 61.4 Å². The minimum absolute atomic E-state index is 0.253. The maximum Gasteiger partial charge on any atom is 0.412 e. The van der Waals surface area contributed by atoms with E-state index in [0.29, 0.717) is 5.69 Å². The summed E-state index contributed by atoms with van der Waals surface area (Å²) in [6.45, 7) is 5.42. The molecule has 1 aromatic rings. The van der Waals surface area contributed by atoms with E-state index < -0.39 is 22.9 Å². The van der Waals surface area contributed by atoms with Gasteiger partial charge in [-0.25, -0.2) is 4.79 Å². The normalized spacial score (nSPS) is 16.6. The van der Waals surface area contributed by atoms with Gasteiger partial charge in [0.05, 0.1) is 4.47 Å². The molecule has 0 aliphatic heterocycles. The fraction of sp³-hybridized carbons (Fsp3) is 0.500. The van der Waals surface area contributed by atoms with Gasteiger partial charge in [0.15, 0.2) is 4.90 Å². The molecule has 6 heteroatoms. The molecule has 1 saturated carbocycles. The summed E-state index contributed by atoms with van der Waals surface area (Å²) in [5.41, 5.74) is 0.0468. The number of halogens is 1. The van der Waals surface area contributed by atoms with Crippen molar-refractivity contribution in [1.82, 2.24) is 0 Å². The van der Waals surface area contributed by atoms with Crippen molar-refractivity contribution in [3.8, 4) is 0 Å². The summed E-state index contributed by atoms with van der Waals surface area (Å²) in [5, 5.41) is 2.92. The van der Waals surface area contributed by atoms with E-state index >= 15 is 0 Å². The second-order valence-electron chi connectivity index (χ2n) is 5.77. The molecule has 2 rings (SSSR count). The van der Waals surface area contributed by atoms with Crippen LogP contribution in [0.25, 0.3) is 0 Å². The van der Waals surface area contributed by atoms with Crippen LogP contribution in [-0.2, 0) is 15.9 Å². The van der Waals surface area contributed by atoms with Gasteiger partial charge in [0.1, 0.15) is 10.9 Å². The van der Waals surface area contributed by atoms with Gasteiger partial charge >= 0.3 is 6.09 Å². The van der Waals surface area contributed by atoms with Crippen molar-refractivity contribution in [2.75, 3.05) is 5.32 Å². The van der Waals surface area contributed by atoms with E-state index in [4.69, 9.17) is 4.74 Å². The molecule has 1 fully saturated rings. The standard InChI is InChI=1S/C14H18BrNO3S/c1-14(2,3)19-13(17)16-9-4-7-11(15)12(8-9)20(18)10-5-6-10/h4,7-8,10H,5-6H2,1-3H3,(H,16,17). The minimum Gasteiger partial charge on any atom is -0.611 e. The Morgan fingerprint density at radius 1 is 1.45 bits per heavy atom. The molecule has 0 saturated heterocycles. The fourth-order valence-electron chi connectivity index (χ4n) is 1.62. The van der Waals surface area contributed by atoms with E-state index in [1.54, 1.807) is 18.2 Å². The van der Waals surface area contributed by atoms with Crippen molar-refractivity contribution < 1.29 is 14.1 Å². The Balaban J connectivity index is 2.09. The van der Waals surface area contributed by atoms with Crippen molar-refractivity contribution in [3.63, 3.8) is 0 Å². The van der Waals surface area contributed by atoms with Crippen molar-refractivity contribution in [2.24, 2.45) is 0 Å². The Labute approximate surface area is 130 Å². The molecule has 0 radical (unpaired) electrons. The molecular weight excluding hydrogens is 342 g/mol. The zero-order chi connectivity index (χ0) is 14.9. The van der Waals surface area contributed by atoms with Crippen molar-refractivity contribution in [3.05, 3.63) is 22.7 Å². The molecule has 0 heterocycles. The molecule has 0 aromatic heterocycles. The van der Waals surface area contributed by atoms with Crippen LogP contribution in [0, 0.1) is 0 Å². The molecule has 1 aliphatic carbocycles. The maximum atomic E-state index is 12.2. The molecule has 20 heavy (non-hydrogen) atoms. The van der Waals surface area contributed by atoms with Crippen LogP contribution in [0.1, 0.15) is 33.6 Å². The second kappa shape index (κ2) is 5.95. The Bertz CT molecular complexity index is 512. The predicted octanol–water partition coefficient (Wildman–Crippen LogP) is 4.07. The maximum absolute atomic E-state index is 12.2. The summed E-state index contributed by atoms with van der Waals surface area (Å²) in [6.07, 6.45) is 1.49. The number of amides is 1. The van der Waals surface area contributed by atoms with Gasteiger partial charge in [-0.15, -0.1) is 0 Å². The lowest BCUT2D eigenvalue weighted by Gasteiger charge is -2.20. The van der Waals surface area contributed by atoms with Crippen LogP contribution in [0.3, 0.4) is 0 Å². The minimum atomic E-state index is -1.02. The molecule has 1 aromatic carbocycles. The molecule has 1 unspecified atom stereocenters. The number of anilines is 1. The van der Waals surface area contributed by atoms with Crippen LogP contribution in [-0.4, -0.2) is 21.5 Å². The Morgan fingerprint density at radius 3 is 2.65 bits per heavy atom.